The van der Waals surface area contributed by atoms with Crippen LogP contribution in [0.15, 0.2) is 42.5 Å². The third-order valence-electron chi connectivity index (χ3n) is 4.76. The minimum absolute atomic E-state index is 0.107. The Morgan fingerprint density at radius 2 is 1.55 bits per heavy atom. The van der Waals surface area contributed by atoms with E-state index < -0.39 is 0 Å². The van der Waals surface area contributed by atoms with Crippen LogP contribution in [0.25, 0.3) is 21.9 Å². The molecule has 0 N–H and O–H groups in total. The van der Waals surface area contributed by atoms with Crippen LogP contribution in [0.2, 0.25) is 0 Å². The number of hydrogen-bond acceptors (Lipinski definition) is 2. The van der Waals surface area contributed by atoms with E-state index in [1.54, 1.807) is 7.11 Å². The van der Waals surface area contributed by atoms with Crippen molar-refractivity contribution in [1.82, 2.24) is 0 Å². The molecule has 0 atom stereocenters. The van der Waals surface area contributed by atoms with Crippen LogP contribution in [-0.4, -0.2) is 12.9 Å². The third kappa shape index (κ3) is 1.52. The van der Waals surface area contributed by atoms with Gasteiger partial charge in [0.1, 0.15) is 5.75 Å². The third-order valence-corrected chi connectivity index (χ3v) is 4.76. The van der Waals surface area contributed by atoms with Crippen molar-refractivity contribution in [2.75, 3.05) is 7.11 Å². The summed E-state index contributed by atoms with van der Waals surface area (Å²) in [7, 11) is 1.62. The Kier molecular flexibility index (Phi) is 2.64. The lowest BCUT2D eigenvalue weighted by Crippen LogP contribution is -2.01. The summed E-state index contributed by atoms with van der Waals surface area (Å²) < 4.78 is 5.28. The van der Waals surface area contributed by atoms with Gasteiger partial charge in [0.15, 0.2) is 5.78 Å². The normalized spacial score (nSPS) is 12.4. The van der Waals surface area contributed by atoms with Gasteiger partial charge < -0.3 is 4.74 Å². The van der Waals surface area contributed by atoms with Gasteiger partial charge in [0.25, 0.3) is 0 Å². The van der Waals surface area contributed by atoms with Crippen molar-refractivity contribution >= 4 is 16.6 Å². The van der Waals surface area contributed by atoms with E-state index in [-0.39, 0.29) is 5.78 Å². The highest BCUT2D eigenvalue weighted by molar-refractivity contribution is 6.27. The van der Waals surface area contributed by atoms with E-state index in [2.05, 4.69) is 19.1 Å². The van der Waals surface area contributed by atoms with Gasteiger partial charge in [0, 0.05) is 16.7 Å². The van der Waals surface area contributed by atoms with Crippen LogP contribution >= 0.6 is 0 Å². The topological polar surface area (TPSA) is 26.3 Å². The lowest BCUT2D eigenvalue weighted by molar-refractivity contribution is 0.104. The Balaban J connectivity index is 2.18. The summed E-state index contributed by atoms with van der Waals surface area (Å²) in [6.07, 6.45) is 0. The molecule has 108 valence electrons. The molecule has 0 saturated heterocycles. The number of fused-ring (bicyclic) bond motifs is 5. The van der Waals surface area contributed by atoms with Crippen molar-refractivity contribution in [2.45, 2.75) is 13.8 Å². The second kappa shape index (κ2) is 4.44. The van der Waals surface area contributed by atoms with Crippen molar-refractivity contribution in [3.63, 3.8) is 0 Å². The van der Waals surface area contributed by atoms with E-state index in [4.69, 9.17) is 4.74 Å². The molecule has 0 aromatic heterocycles. The van der Waals surface area contributed by atoms with Crippen LogP contribution in [-0.2, 0) is 0 Å². The van der Waals surface area contributed by atoms with E-state index >= 15 is 0 Å². The predicted octanol–water partition coefficient (Wildman–Crippen LogP) is 4.68. The maximum atomic E-state index is 12.9. The fourth-order valence-electron chi connectivity index (χ4n) is 3.49. The molecular formula is C20H16O2. The summed E-state index contributed by atoms with van der Waals surface area (Å²) >= 11 is 0. The molecule has 2 nitrogen and oxygen atoms in total. The van der Waals surface area contributed by atoms with Crippen LogP contribution < -0.4 is 4.74 Å². The minimum atomic E-state index is 0.107. The molecule has 3 aromatic rings. The highest BCUT2D eigenvalue weighted by Gasteiger charge is 2.31. The molecule has 4 rings (SSSR count). The molecule has 2 heteroatoms. The number of benzene rings is 3. The molecule has 0 saturated carbocycles. The van der Waals surface area contributed by atoms with Gasteiger partial charge in [0.05, 0.1) is 7.11 Å². The van der Waals surface area contributed by atoms with Crippen molar-refractivity contribution in [1.29, 1.82) is 0 Å². The molecule has 0 unspecified atom stereocenters. The summed E-state index contributed by atoms with van der Waals surface area (Å²) in [4.78, 5) is 12.9. The molecule has 0 heterocycles. The number of hydrogen-bond donors (Lipinski definition) is 0. The van der Waals surface area contributed by atoms with Gasteiger partial charge in [-0.05, 0) is 59.5 Å². The zero-order valence-electron chi connectivity index (χ0n) is 12.9. The number of aryl methyl sites for hydroxylation is 1. The molecule has 3 aromatic carbocycles. The first-order chi connectivity index (χ1) is 10.6. The first-order valence-electron chi connectivity index (χ1n) is 7.38. The zero-order chi connectivity index (χ0) is 15.4. The fourth-order valence-corrected chi connectivity index (χ4v) is 3.49. The van der Waals surface area contributed by atoms with E-state index in [1.807, 2.05) is 37.3 Å². The molecule has 1 aliphatic rings. The Labute approximate surface area is 129 Å². The smallest absolute Gasteiger partial charge is 0.194 e. The number of carbonyl (C=O) groups is 1. The fraction of sp³-hybridized carbons (Fsp3) is 0.150. The second-order valence-electron chi connectivity index (χ2n) is 5.79. The van der Waals surface area contributed by atoms with E-state index in [1.165, 1.54) is 10.9 Å². The van der Waals surface area contributed by atoms with Gasteiger partial charge in [-0.2, -0.15) is 0 Å². The maximum Gasteiger partial charge on any atom is 0.194 e. The number of rotatable bonds is 1. The van der Waals surface area contributed by atoms with E-state index in [0.717, 1.165) is 39.0 Å². The Morgan fingerprint density at radius 3 is 2.27 bits per heavy atom. The minimum Gasteiger partial charge on any atom is -0.497 e. The molecule has 0 amide bonds. The molecule has 0 spiro atoms. The van der Waals surface area contributed by atoms with Crippen molar-refractivity contribution in [2.24, 2.45) is 0 Å². The monoisotopic (exact) mass is 288 g/mol. The summed E-state index contributed by atoms with van der Waals surface area (Å²) in [5.74, 6) is 0.828. The standard InChI is InChI=1S/C20H16O2/c1-11-12(2)18-19(15-7-5-4-6-14(11)15)16-9-8-13(22-3)10-17(16)20(18)21/h4-10H,1-3H3. The summed E-state index contributed by atoms with van der Waals surface area (Å²) in [5.41, 5.74) is 5.94. The molecule has 1 aliphatic carbocycles. The first kappa shape index (κ1) is 13.1. The average molecular weight is 288 g/mol. The van der Waals surface area contributed by atoms with Gasteiger partial charge >= 0.3 is 0 Å². The molecule has 0 fully saturated rings. The Morgan fingerprint density at radius 1 is 0.818 bits per heavy atom. The lowest BCUT2D eigenvalue weighted by atomic mass is 9.90. The van der Waals surface area contributed by atoms with Gasteiger partial charge in [-0.1, -0.05) is 24.3 Å². The molecular weight excluding hydrogens is 272 g/mol. The average Bonchev–Trinajstić information content (AvgIpc) is 2.85. The highest BCUT2D eigenvalue weighted by atomic mass is 16.5. The Hall–Kier alpha value is -2.61. The van der Waals surface area contributed by atoms with Gasteiger partial charge in [0.2, 0.25) is 0 Å². The summed E-state index contributed by atoms with van der Waals surface area (Å²) in [5, 5.41) is 2.37. The van der Waals surface area contributed by atoms with E-state index in [0.29, 0.717) is 0 Å². The van der Waals surface area contributed by atoms with Crippen molar-refractivity contribution in [3.8, 4) is 16.9 Å². The number of methoxy groups -OCH3 is 1. The van der Waals surface area contributed by atoms with Crippen molar-refractivity contribution in [3.05, 3.63) is 64.7 Å². The summed E-state index contributed by atoms with van der Waals surface area (Å²) in [6.45, 7) is 4.14. The summed E-state index contributed by atoms with van der Waals surface area (Å²) in [6, 6.07) is 14.1. The van der Waals surface area contributed by atoms with Gasteiger partial charge in [-0.15, -0.1) is 0 Å². The van der Waals surface area contributed by atoms with E-state index in [9.17, 15) is 4.79 Å². The van der Waals surface area contributed by atoms with Gasteiger partial charge in [-0.3, -0.25) is 4.79 Å². The number of ether oxygens (including phenoxy) is 1. The number of carbonyl (C=O) groups excluding carboxylic acids is 1. The largest absolute Gasteiger partial charge is 0.497 e. The highest BCUT2D eigenvalue weighted by Crippen LogP contribution is 2.45. The zero-order valence-corrected chi connectivity index (χ0v) is 12.9. The molecule has 0 bridgehead atoms. The molecule has 0 radical (unpaired) electrons. The van der Waals surface area contributed by atoms with Crippen molar-refractivity contribution < 1.29 is 9.53 Å². The van der Waals surface area contributed by atoms with Crippen LogP contribution in [0.5, 0.6) is 5.75 Å². The van der Waals surface area contributed by atoms with Crippen LogP contribution in [0, 0.1) is 13.8 Å². The maximum absolute atomic E-state index is 12.9. The lowest BCUT2D eigenvalue weighted by Gasteiger charge is -2.13. The van der Waals surface area contributed by atoms with Crippen LogP contribution in [0.3, 0.4) is 0 Å². The molecule has 22 heavy (non-hydrogen) atoms. The Bertz CT molecular complexity index is 952. The molecule has 0 aliphatic heterocycles. The number of ketones is 1. The van der Waals surface area contributed by atoms with Crippen LogP contribution in [0.1, 0.15) is 27.0 Å². The van der Waals surface area contributed by atoms with Crippen LogP contribution in [0.4, 0.5) is 0 Å². The first-order valence-corrected chi connectivity index (χ1v) is 7.38. The predicted molar refractivity (Wildman–Crippen MR) is 88.8 cm³/mol. The second-order valence-corrected chi connectivity index (χ2v) is 5.79. The van der Waals surface area contributed by atoms with Gasteiger partial charge in [-0.25, -0.2) is 0 Å². The SMILES string of the molecule is COc1ccc2c(c1)C(=O)c1c(C)c(C)c3ccccc3c1-2. The quantitative estimate of drug-likeness (QED) is 0.508.